The molecule has 82 valence electrons. The van der Waals surface area contributed by atoms with E-state index in [1.165, 1.54) is 5.56 Å². The zero-order valence-corrected chi connectivity index (χ0v) is 9.40. The zero-order valence-electron chi connectivity index (χ0n) is 9.40. The Hall–Kier alpha value is -1.96. The fourth-order valence-corrected chi connectivity index (χ4v) is 1.62. The standard InChI is InChI=1S/C14H14O2/c1-10-3-5-11(6-4-10)12-7-8-14(16-2)13(15)9-12/h3-9,15H,1-2H3. The van der Waals surface area contributed by atoms with Gasteiger partial charge in [-0.05, 0) is 30.2 Å². The summed E-state index contributed by atoms with van der Waals surface area (Å²) in [7, 11) is 1.54. The summed E-state index contributed by atoms with van der Waals surface area (Å²) in [6, 6.07) is 13.6. The molecule has 1 N–H and O–H groups in total. The molecule has 2 aromatic carbocycles. The van der Waals surface area contributed by atoms with Gasteiger partial charge in [0.05, 0.1) is 7.11 Å². The van der Waals surface area contributed by atoms with E-state index in [0.717, 1.165) is 11.1 Å². The Morgan fingerprint density at radius 3 is 2.12 bits per heavy atom. The highest BCUT2D eigenvalue weighted by Crippen LogP contribution is 2.31. The Bertz CT molecular complexity index is 487. The first-order valence-electron chi connectivity index (χ1n) is 5.15. The Morgan fingerprint density at radius 2 is 1.56 bits per heavy atom. The van der Waals surface area contributed by atoms with Crippen LogP contribution in [-0.4, -0.2) is 12.2 Å². The van der Waals surface area contributed by atoms with E-state index in [1.807, 2.05) is 18.2 Å². The summed E-state index contributed by atoms with van der Waals surface area (Å²) in [5.41, 5.74) is 3.29. The number of methoxy groups -OCH3 is 1. The maximum atomic E-state index is 9.68. The van der Waals surface area contributed by atoms with Crippen molar-refractivity contribution in [2.75, 3.05) is 7.11 Å². The Balaban J connectivity index is 2.41. The molecule has 0 heterocycles. The molecule has 2 heteroatoms. The molecule has 0 aliphatic heterocycles. The maximum Gasteiger partial charge on any atom is 0.160 e. The van der Waals surface area contributed by atoms with Crippen LogP contribution in [-0.2, 0) is 0 Å². The normalized spacial score (nSPS) is 10.1. The smallest absolute Gasteiger partial charge is 0.160 e. The third-order valence-electron chi connectivity index (χ3n) is 2.56. The Morgan fingerprint density at radius 1 is 0.938 bits per heavy atom. The lowest BCUT2D eigenvalue weighted by Crippen LogP contribution is -1.84. The third kappa shape index (κ3) is 2.01. The topological polar surface area (TPSA) is 29.5 Å². The Labute approximate surface area is 95.1 Å². The number of hydrogen-bond donors (Lipinski definition) is 1. The van der Waals surface area contributed by atoms with E-state index in [4.69, 9.17) is 4.74 Å². The van der Waals surface area contributed by atoms with E-state index in [0.29, 0.717) is 5.75 Å². The number of ether oxygens (including phenoxy) is 1. The number of aromatic hydroxyl groups is 1. The molecule has 2 rings (SSSR count). The second-order valence-electron chi connectivity index (χ2n) is 3.75. The maximum absolute atomic E-state index is 9.68. The van der Waals surface area contributed by atoms with Gasteiger partial charge in [0.2, 0.25) is 0 Å². The summed E-state index contributed by atoms with van der Waals surface area (Å²) in [6.45, 7) is 2.05. The highest BCUT2D eigenvalue weighted by molar-refractivity contribution is 5.67. The minimum atomic E-state index is 0.167. The zero-order chi connectivity index (χ0) is 11.5. The van der Waals surface area contributed by atoms with Crippen molar-refractivity contribution in [1.82, 2.24) is 0 Å². The van der Waals surface area contributed by atoms with Crippen LogP contribution in [0.3, 0.4) is 0 Å². The molecule has 16 heavy (non-hydrogen) atoms. The number of benzene rings is 2. The second-order valence-corrected chi connectivity index (χ2v) is 3.75. The van der Waals surface area contributed by atoms with E-state index in [-0.39, 0.29) is 5.75 Å². The molecule has 0 saturated carbocycles. The SMILES string of the molecule is COc1ccc(-c2ccc(C)cc2)cc1O. The van der Waals surface area contributed by atoms with Crippen LogP contribution in [0, 0.1) is 6.92 Å². The van der Waals surface area contributed by atoms with Crippen LogP contribution in [0.25, 0.3) is 11.1 Å². The van der Waals surface area contributed by atoms with Gasteiger partial charge in [0.15, 0.2) is 11.5 Å². The van der Waals surface area contributed by atoms with Gasteiger partial charge in [-0.2, -0.15) is 0 Å². The molecule has 0 amide bonds. The van der Waals surface area contributed by atoms with E-state index in [9.17, 15) is 5.11 Å². The number of phenolic OH excluding ortho intramolecular Hbond substituents is 1. The number of aryl methyl sites for hydroxylation is 1. The van der Waals surface area contributed by atoms with E-state index in [1.54, 1.807) is 19.2 Å². The van der Waals surface area contributed by atoms with Gasteiger partial charge in [0.25, 0.3) is 0 Å². The van der Waals surface area contributed by atoms with Gasteiger partial charge in [-0.3, -0.25) is 0 Å². The van der Waals surface area contributed by atoms with Gasteiger partial charge in [0.1, 0.15) is 0 Å². The predicted octanol–water partition coefficient (Wildman–Crippen LogP) is 3.38. The van der Waals surface area contributed by atoms with Gasteiger partial charge in [0, 0.05) is 0 Å². The molecule has 0 aromatic heterocycles. The van der Waals surface area contributed by atoms with Crippen molar-refractivity contribution in [3.05, 3.63) is 48.0 Å². The van der Waals surface area contributed by atoms with Crippen molar-refractivity contribution >= 4 is 0 Å². The molecule has 0 saturated heterocycles. The Kier molecular flexibility index (Phi) is 2.82. The molecule has 0 bridgehead atoms. The van der Waals surface area contributed by atoms with E-state index in [2.05, 4.69) is 19.1 Å². The monoisotopic (exact) mass is 214 g/mol. The minimum absolute atomic E-state index is 0.167. The molecule has 0 aliphatic rings. The van der Waals surface area contributed by atoms with Gasteiger partial charge < -0.3 is 9.84 Å². The molecule has 2 nitrogen and oxygen atoms in total. The fourth-order valence-electron chi connectivity index (χ4n) is 1.62. The average molecular weight is 214 g/mol. The first-order valence-corrected chi connectivity index (χ1v) is 5.15. The third-order valence-corrected chi connectivity index (χ3v) is 2.56. The van der Waals surface area contributed by atoms with Crippen LogP contribution in [0.1, 0.15) is 5.56 Å². The summed E-state index contributed by atoms with van der Waals surface area (Å²) in [4.78, 5) is 0. The summed E-state index contributed by atoms with van der Waals surface area (Å²) >= 11 is 0. The lowest BCUT2D eigenvalue weighted by Gasteiger charge is -2.06. The predicted molar refractivity (Wildman–Crippen MR) is 64.8 cm³/mol. The first kappa shape index (κ1) is 10.6. The lowest BCUT2D eigenvalue weighted by molar-refractivity contribution is 0.373. The number of hydrogen-bond acceptors (Lipinski definition) is 2. The van der Waals surface area contributed by atoms with Crippen LogP contribution in [0.4, 0.5) is 0 Å². The summed E-state index contributed by atoms with van der Waals surface area (Å²) in [5.74, 6) is 0.663. The van der Waals surface area contributed by atoms with Gasteiger partial charge in [-0.15, -0.1) is 0 Å². The highest BCUT2D eigenvalue weighted by atomic mass is 16.5. The molecule has 0 aliphatic carbocycles. The van der Waals surface area contributed by atoms with Crippen molar-refractivity contribution < 1.29 is 9.84 Å². The van der Waals surface area contributed by atoms with Crippen LogP contribution in [0.2, 0.25) is 0 Å². The molecule has 0 spiro atoms. The lowest BCUT2D eigenvalue weighted by atomic mass is 10.0. The molecular formula is C14H14O2. The minimum Gasteiger partial charge on any atom is -0.504 e. The average Bonchev–Trinajstić information content (AvgIpc) is 2.30. The summed E-state index contributed by atoms with van der Waals surface area (Å²) < 4.78 is 5.00. The molecule has 0 atom stereocenters. The molecule has 0 unspecified atom stereocenters. The van der Waals surface area contributed by atoms with Gasteiger partial charge in [-0.1, -0.05) is 35.9 Å². The fraction of sp³-hybridized carbons (Fsp3) is 0.143. The summed E-state index contributed by atoms with van der Waals surface area (Å²) in [5, 5.41) is 9.68. The number of phenols is 1. The number of rotatable bonds is 2. The first-order chi connectivity index (χ1) is 7.70. The quantitative estimate of drug-likeness (QED) is 0.830. The second kappa shape index (κ2) is 4.27. The van der Waals surface area contributed by atoms with Crippen LogP contribution in [0.15, 0.2) is 42.5 Å². The molecule has 0 radical (unpaired) electrons. The van der Waals surface area contributed by atoms with Crippen LogP contribution in [0.5, 0.6) is 11.5 Å². The van der Waals surface area contributed by atoms with E-state index >= 15 is 0 Å². The van der Waals surface area contributed by atoms with Crippen molar-refractivity contribution in [2.45, 2.75) is 6.92 Å². The highest BCUT2D eigenvalue weighted by Gasteiger charge is 2.03. The molecular weight excluding hydrogens is 200 g/mol. The van der Waals surface area contributed by atoms with Crippen molar-refractivity contribution in [1.29, 1.82) is 0 Å². The largest absolute Gasteiger partial charge is 0.504 e. The van der Waals surface area contributed by atoms with Crippen molar-refractivity contribution in [3.8, 4) is 22.6 Å². The van der Waals surface area contributed by atoms with Gasteiger partial charge >= 0.3 is 0 Å². The van der Waals surface area contributed by atoms with Crippen molar-refractivity contribution in [3.63, 3.8) is 0 Å². The summed E-state index contributed by atoms with van der Waals surface area (Å²) in [6.07, 6.45) is 0. The molecule has 2 aromatic rings. The van der Waals surface area contributed by atoms with Gasteiger partial charge in [-0.25, -0.2) is 0 Å². The molecule has 0 fully saturated rings. The van der Waals surface area contributed by atoms with Crippen LogP contribution >= 0.6 is 0 Å². The van der Waals surface area contributed by atoms with Crippen molar-refractivity contribution in [2.24, 2.45) is 0 Å². The van der Waals surface area contributed by atoms with E-state index < -0.39 is 0 Å². The van der Waals surface area contributed by atoms with Crippen LogP contribution < -0.4 is 4.74 Å².